The summed E-state index contributed by atoms with van der Waals surface area (Å²) in [5.41, 5.74) is 5.48. The number of aromatic amines is 2. The van der Waals surface area contributed by atoms with Gasteiger partial charge in [-0.05, 0) is 0 Å². The first-order chi connectivity index (χ1) is 7.20. The van der Waals surface area contributed by atoms with E-state index < -0.39 is 0 Å². The van der Waals surface area contributed by atoms with Gasteiger partial charge in [-0.15, -0.1) is 0 Å². The molecule has 0 aliphatic rings. The Hall–Kier alpha value is -2.09. The van der Waals surface area contributed by atoms with E-state index in [2.05, 4.69) is 25.3 Å². The molecule has 80 valence electrons. The normalized spacial score (nSPS) is 10.7. The molecule has 0 fully saturated rings. The van der Waals surface area contributed by atoms with Crippen molar-refractivity contribution in [1.29, 1.82) is 0 Å². The van der Waals surface area contributed by atoms with Gasteiger partial charge in [0, 0.05) is 6.54 Å². The molecule has 0 atom stereocenters. The number of nitrogens with two attached hydrogens (primary N) is 1. The average Bonchev–Trinajstić information content (AvgIpc) is 2.57. The summed E-state index contributed by atoms with van der Waals surface area (Å²) in [7, 11) is 0. The first kappa shape index (κ1) is 9.46. The fourth-order valence-corrected chi connectivity index (χ4v) is 1.18. The van der Waals surface area contributed by atoms with E-state index in [4.69, 9.17) is 10.8 Å². The minimum Gasteiger partial charge on any atom is -0.395 e. The van der Waals surface area contributed by atoms with Crippen LogP contribution in [0.2, 0.25) is 0 Å². The van der Waals surface area contributed by atoms with Crippen molar-refractivity contribution in [2.24, 2.45) is 0 Å². The van der Waals surface area contributed by atoms with Crippen molar-refractivity contribution < 1.29 is 5.11 Å². The van der Waals surface area contributed by atoms with Gasteiger partial charge in [-0.25, -0.2) is 0 Å². The first-order valence-electron chi connectivity index (χ1n) is 4.31. The second-order valence-electron chi connectivity index (χ2n) is 2.89. The van der Waals surface area contributed by atoms with Crippen molar-refractivity contribution in [3.05, 3.63) is 10.4 Å². The smallest absolute Gasteiger partial charge is 0.278 e. The molecule has 0 radical (unpaired) electrons. The summed E-state index contributed by atoms with van der Waals surface area (Å²) in [5, 5.41) is 11.4. The zero-order valence-electron chi connectivity index (χ0n) is 7.74. The molecule has 0 unspecified atom stereocenters. The molecule has 0 saturated carbocycles. The van der Waals surface area contributed by atoms with E-state index in [1.54, 1.807) is 0 Å². The Bertz CT molecular complexity index is 530. The predicted molar refractivity (Wildman–Crippen MR) is 54.5 cm³/mol. The SMILES string of the molecule is Nc1nc2nc(NCCO)[nH]c2c(=O)[nH]1. The third kappa shape index (κ3) is 1.74. The summed E-state index contributed by atoms with van der Waals surface area (Å²) >= 11 is 0. The number of H-pyrrole nitrogens is 2. The summed E-state index contributed by atoms with van der Waals surface area (Å²) in [4.78, 5) is 24.3. The predicted octanol–water partition coefficient (Wildman–Crippen LogP) is -1.37. The van der Waals surface area contributed by atoms with E-state index >= 15 is 0 Å². The Morgan fingerprint density at radius 3 is 2.93 bits per heavy atom. The van der Waals surface area contributed by atoms with E-state index in [0.29, 0.717) is 12.5 Å². The first-order valence-corrected chi connectivity index (χ1v) is 4.31. The summed E-state index contributed by atoms with van der Waals surface area (Å²) in [6, 6.07) is 0. The maximum atomic E-state index is 11.4. The van der Waals surface area contributed by atoms with Crippen molar-refractivity contribution in [3.8, 4) is 0 Å². The zero-order valence-corrected chi connectivity index (χ0v) is 7.74. The standard InChI is InChI=1S/C7H10N6O2/c8-6-11-4-3(5(15)13-6)10-7(12-4)9-1-2-14/h14H,1-2H2,(H5,8,9,10,11,12,13,15). The molecule has 8 heteroatoms. The summed E-state index contributed by atoms with van der Waals surface area (Å²) < 4.78 is 0. The Morgan fingerprint density at radius 2 is 2.20 bits per heavy atom. The van der Waals surface area contributed by atoms with Crippen LogP contribution in [0.15, 0.2) is 4.79 Å². The second-order valence-corrected chi connectivity index (χ2v) is 2.89. The van der Waals surface area contributed by atoms with Crippen LogP contribution in [-0.4, -0.2) is 38.2 Å². The molecule has 0 spiro atoms. The molecule has 0 saturated heterocycles. The molecule has 2 rings (SSSR count). The van der Waals surface area contributed by atoms with Crippen LogP contribution in [0.4, 0.5) is 11.9 Å². The number of aromatic nitrogens is 4. The number of hydrogen-bond acceptors (Lipinski definition) is 6. The highest BCUT2D eigenvalue weighted by Crippen LogP contribution is 2.07. The van der Waals surface area contributed by atoms with Crippen LogP contribution in [0.25, 0.3) is 11.2 Å². The lowest BCUT2D eigenvalue weighted by Gasteiger charge is -1.95. The third-order valence-corrected chi connectivity index (χ3v) is 1.78. The van der Waals surface area contributed by atoms with E-state index in [0.717, 1.165) is 0 Å². The van der Waals surface area contributed by atoms with Gasteiger partial charge in [0.25, 0.3) is 5.56 Å². The number of hydrogen-bond donors (Lipinski definition) is 5. The van der Waals surface area contributed by atoms with Crippen molar-refractivity contribution in [3.63, 3.8) is 0 Å². The molecule has 0 aliphatic carbocycles. The number of aliphatic hydroxyl groups is 1. The van der Waals surface area contributed by atoms with E-state index in [1.807, 2.05) is 0 Å². The zero-order chi connectivity index (χ0) is 10.8. The molecule has 8 nitrogen and oxygen atoms in total. The Labute approximate surface area is 83.6 Å². The Morgan fingerprint density at radius 1 is 1.40 bits per heavy atom. The largest absolute Gasteiger partial charge is 0.395 e. The number of aliphatic hydroxyl groups excluding tert-OH is 1. The summed E-state index contributed by atoms with van der Waals surface area (Å²) in [6.07, 6.45) is 0. The van der Waals surface area contributed by atoms with Gasteiger partial charge in [0.2, 0.25) is 11.9 Å². The van der Waals surface area contributed by atoms with Crippen molar-refractivity contribution in [1.82, 2.24) is 19.9 Å². The van der Waals surface area contributed by atoms with E-state index in [-0.39, 0.29) is 29.3 Å². The molecule has 15 heavy (non-hydrogen) atoms. The summed E-state index contributed by atoms with van der Waals surface area (Å²) in [6.45, 7) is 0.316. The van der Waals surface area contributed by atoms with E-state index in [1.165, 1.54) is 0 Å². The van der Waals surface area contributed by atoms with Crippen molar-refractivity contribution in [2.75, 3.05) is 24.2 Å². The van der Waals surface area contributed by atoms with Crippen LogP contribution in [0.1, 0.15) is 0 Å². The van der Waals surface area contributed by atoms with Crippen LogP contribution < -0.4 is 16.6 Å². The Kier molecular flexibility index (Phi) is 2.26. The number of nitrogen functional groups attached to an aromatic ring is 1. The lowest BCUT2D eigenvalue weighted by Crippen LogP contribution is -2.11. The molecular formula is C7H10N6O2. The number of nitrogens with one attached hydrogen (secondary N) is 3. The van der Waals surface area contributed by atoms with Crippen LogP contribution in [0.5, 0.6) is 0 Å². The van der Waals surface area contributed by atoms with Crippen molar-refractivity contribution >= 4 is 23.1 Å². The Balaban J connectivity index is 2.46. The van der Waals surface area contributed by atoms with Crippen molar-refractivity contribution in [2.45, 2.75) is 0 Å². The van der Waals surface area contributed by atoms with Gasteiger partial charge in [-0.1, -0.05) is 0 Å². The van der Waals surface area contributed by atoms with E-state index in [9.17, 15) is 4.79 Å². The van der Waals surface area contributed by atoms with Gasteiger partial charge in [0.15, 0.2) is 11.2 Å². The van der Waals surface area contributed by atoms with Gasteiger partial charge >= 0.3 is 0 Å². The molecule has 0 aromatic carbocycles. The van der Waals surface area contributed by atoms with Gasteiger partial charge in [-0.3, -0.25) is 9.78 Å². The third-order valence-electron chi connectivity index (χ3n) is 1.78. The minimum absolute atomic E-state index is 0.0210. The number of imidazole rings is 1. The van der Waals surface area contributed by atoms with Crippen LogP contribution in [0.3, 0.4) is 0 Å². The monoisotopic (exact) mass is 210 g/mol. The van der Waals surface area contributed by atoms with Gasteiger partial charge in [0.1, 0.15) is 0 Å². The average molecular weight is 210 g/mol. The van der Waals surface area contributed by atoms with Gasteiger partial charge in [0.05, 0.1) is 6.61 Å². The van der Waals surface area contributed by atoms with Crippen LogP contribution in [0, 0.1) is 0 Å². The maximum Gasteiger partial charge on any atom is 0.278 e. The van der Waals surface area contributed by atoms with Gasteiger partial charge in [-0.2, -0.15) is 9.97 Å². The topological polar surface area (TPSA) is 133 Å². The molecule has 0 bridgehead atoms. The second kappa shape index (κ2) is 3.58. The molecule has 0 aliphatic heterocycles. The summed E-state index contributed by atoms with van der Waals surface area (Å²) in [5.74, 6) is 0.398. The fourth-order valence-electron chi connectivity index (χ4n) is 1.18. The quantitative estimate of drug-likeness (QED) is 0.424. The molecule has 2 aromatic rings. The van der Waals surface area contributed by atoms with Crippen LogP contribution in [-0.2, 0) is 0 Å². The molecular weight excluding hydrogens is 200 g/mol. The highest BCUT2D eigenvalue weighted by Gasteiger charge is 2.07. The highest BCUT2D eigenvalue weighted by molar-refractivity contribution is 5.73. The van der Waals surface area contributed by atoms with Gasteiger partial charge < -0.3 is 21.1 Å². The number of nitrogens with zero attached hydrogens (tertiary/aromatic N) is 2. The molecule has 6 N–H and O–H groups in total. The lowest BCUT2D eigenvalue weighted by atomic mass is 10.5. The highest BCUT2D eigenvalue weighted by atomic mass is 16.3. The molecule has 0 amide bonds. The number of anilines is 2. The lowest BCUT2D eigenvalue weighted by molar-refractivity contribution is 0.311. The minimum atomic E-state index is -0.373. The molecule has 2 aromatic heterocycles. The van der Waals surface area contributed by atoms with Crippen LogP contribution >= 0.6 is 0 Å². The fraction of sp³-hybridized carbons (Fsp3) is 0.286. The maximum absolute atomic E-state index is 11.4. The number of fused-ring (bicyclic) bond motifs is 1. The number of rotatable bonds is 3. The molecule has 2 heterocycles.